The van der Waals surface area contributed by atoms with Crippen molar-refractivity contribution in [1.29, 1.82) is 0 Å². The smallest absolute Gasteiger partial charge is 0.178 e. The number of nitrogens with zero attached hydrogens (tertiary/aromatic N) is 2. The van der Waals surface area contributed by atoms with Crippen molar-refractivity contribution in [2.45, 2.75) is 13.8 Å². The minimum atomic E-state index is 0.192. The third-order valence-corrected chi connectivity index (χ3v) is 4.22. The maximum absolute atomic E-state index is 12.6. The van der Waals surface area contributed by atoms with E-state index in [-0.39, 0.29) is 5.78 Å². The lowest BCUT2D eigenvalue weighted by Gasteiger charge is -2.25. The second-order valence-corrected chi connectivity index (χ2v) is 5.77. The van der Waals surface area contributed by atoms with E-state index in [4.69, 9.17) is 4.74 Å². The molecule has 1 aliphatic rings. The molecule has 1 aromatic heterocycles. The van der Waals surface area contributed by atoms with Crippen molar-refractivity contribution in [2.24, 2.45) is 0 Å². The highest BCUT2D eigenvalue weighted by molar-refractivity contribution is 5.99. The Bertz CT molecular complexity index is 655. The first-order chi connectivity index (χ1) is 10.7. The van der Waals surface area contributed by atoms with Gasteiger partial charge in [0.25, 0.3) is 0 Å². The van der Waals surface area contributed by atoms with E-state index < -0.39 is 0 Å². The van der Waals surface area contributed by atoms with Gasteiger partial charge in [-0.1, -0.05) is 18.2 Å². The van der Waals surface area contributed by atoms with Crippen molar-refractivity contribution >= 4 is 5.78 Å². The van der Waals surface area contributed by atoms with Crippen LogP contribution >= 0.6 is 0 Å². The Balaban J connectivity index is 1.84. The topological polar surface area (TPSA) is 34.5 Å². The summed E-state index contributed by atoms with van der Waals surface area (Å²) in [5, 5.41) is 0. The molecule has 1 fully saturated rings. The SMILES string of the molecule is Cc1cc(C(=O)CN2CCOCC2)c(C)n1-c1ccccc1. The fourth-order valence-corrected chi connectivity index (χ4v) is 3.07. The molecule has 1 aliphatic heterocycles. The zero-order valence-corrected chi connectivity index (χ0v) is 13.2. The van der Waals surface area contributed by atoms with Crippen LogP contribution in [-0.2, 0) is 4.74 Å². The van der Waals surface area contributed by atoms with Crippen LogP contribution < -0.4 is 0 Å². The van der Waals surface area contributed by atoms with Crippen LogP contribution in [0.4, 0.5) is 0 Å². The number of ketones is 1. The molecule has 0 spiro atoms. The largest absolute Gasteiger partial charge is 0.379 e. The predicted molar refractivity (Wildman–Crippen MR) is 86.8 cm³/mol. The number of hydrogen-bond acceptors (Lipinski definition) is 3. The number of morpholine rings is 1. The highest BCUT2D eigenvalue weighted by Gasteiger charge is 2.20. The number of Topliss-reactive ketones (excluding diaryl/α,β-unsaturated/α-hetero) is 1. The summed E-state index contributed by atoms with van der Waals surface area (Å²) >= 11 is 0. The molecule has 2 heterocycles. The van der Waals surface area contributed by atoms with Crippen molar-refractivity contribution in [1.82, 2.24) is 9.47 Å². The average Bonchev–Trinajstić information content (AvgIpc) is 2.84. The second-order valence-electron chi connectivity index (χ2n) is 5.77. The number of aromatic nitrogens is 1. The van der Waals surface area contributed by atoms with Gasteiger partial charge in [-0.15, -0.1) is 0 Å². The molecule has 0 bridgehead atoms. The van der Waals surface area contributed by atoms with Crippen molar-refractivity contribution < 1.29 is 9.53 Å². The average molecular weight is 298 g/mol. The van der Waals surface area contributed by atoms with Crippen molar-refractivity contribution in [3.8, 4) is 5.69 Å². The Morgan fingerprint density at radius 1 is 1.14 bits per heavy atom. The second kappa shape index (κ2) is 6.46. The molecule has 0 unspecified atom stereocenters. The van der Waals surface area contributed by atoms with Crippen LogP contribution in [0, 0.1) is 13.8 Å². The molecule has 116 valence electrons. The third-order valence-electron chi connectivity index (χ3n) is 4.22. The number of benzene rings is 1. The van der Waals surface area contributed by atoms with E-state index in [0.29, 0.717) is 6.54 Å². The monoisotopic (exact) mass is 298 g/mol. The summed E-state index contributed by atoms with van der Waals surface area (Å²) < 4.78 is 7.48. The number of hydrogen-bond donors (Lipinski definition) is 0. The van der Waals surface area contributed by atoms with E-state index in [1.165, 1.54) is 0 Å². The fraction of sp³-hybridized carbons (Fsp3) is 0.389. The van der Waals surface area contributed by atoms with Gasteiger partial charge in [-0.3, -0.25) is 9.69 Å². The van der Waals surface area contributed by atoms with E-state index in [9.17, 15) is 4.79 Å². The molecule has 22 heavy (non-hydrogen) atoms. The maximum atomic E-state index is 12.6. The number of rotatable bonds is 4. The molecule has 0 saturated carbocycles. The van der Waals surface area contributed by atoms with Gasteiger partial charge in [0.1, 0.15) is 0 Å². The van der Waals surface area contributed by atoms with Gasteiger partial charge in [0.15, 0.2) is 5.78 Å². The van der Waals surface area contributed by atoms with E-state index in [2.05, 4.69) is 21.6 Å². The molecule has 1 aromatic carbocycles. The highest BCUT2D eigenvalue weighted by atomic mass is 16.5. The minimum Gasteiger partial charge on any atom is -0.379 e. The standard InChI is InChI=1S/C18H22N2O2/c1-14-12-17(18(21)13-19-8-10-22-11-9-19)15(2)20(14)16-6-4-3-5-7-16/h3-7,12H,8-11,13H2,1-2H3. The van der Waals surface area contributed by atoms with Crippen molar-refractivity contribution in [2.75, 3.05) is 32.8 Å². The Morgan fingerprint density at radius 3 is 2.50 bits per heavy atom. The first-order valence-electron chi connectivity index (χ1n) is 7.74. The van der Waals surface area contributed by atoms with Gasteiger partial charge in [0.05, 0.1) is 19.8 Å². The highest BCUT2D eigenvalue weighted by Crippen LogP contribution is 2.21. The Kier molecular flexibility index (Phi) is 4.41. The predicted octanol–water partition coefficient (Wildman–Crippen LogP) is 2.61. The van der Waals surface area contributed by atoms with Gasteiger partial charge in [-0.05, 0) is 32.0 Å². The Morgan fingerprint density at radius 2 is 1.82 bits per heavy atom. The van der Waals surface area contributed by atoms with E-state index >= 15 is 0 Å². The molecular weight excluding hydrogens is 276 g/mol. The normalized spacial score (nSPS) is 15.9. The fourth-order valence-electron chi connectivity index (χ4n) is 3.07. The molecule has 0 radical (unpaired) electrons. The summed E-state index contributed by atoms with van der Waals surface area (Å²) in [6.07, 6.45) is 0. The van der Waals surface area contributed by atoms with Crippen LogP contribution in [-0.4, -0.2) is 48.1 Å². The summed E-state index contributed by atoms with van der Waals surface area (Å²) in [5.41, 5.74) is 4.03. The molecule has 1 saturated heterocycles. The number of carbonyl (C=O) groups excluding carboxylic acids is 1. The summed E-state index contributed by atoms with van der Waals surface area (Å²) in [7, 11) is 0. The number of para-hydroxylation sites is 1. The summed E-state index contributed by atoms with van der Waals surface area (Å²) in [5.74, 6) is 0.192. The number of aryl methyl sites for hydroxylation is 1. The van der Waals surface area contributed by atoms with Crippen molar-refractivity contribution in [3.05, 3.63) is 53.3 Å². The zero-order chi connectivity index (χ0) is 15.5. The molecule has 0 N–H and O–H groups in total. The molecule has 2 aromatic rings. The lowest BCUT2D eigenvalue weighted by atomic mass is 10.1. The molecule has 4 nitrogen and oxygen atoms in total. The summed E-state index contributed by atoms with van der Waals surface area (Å²) in [6, 6.07) is 12.2. The quantitative estimate of drug-likeness (QED) is 0.814. The van der Waals surface area contributed by atoms with E-state index in [0.717, 1.165) is 48.9 Å². The van der Waals surface area contributed by atoms with Gasteiger partial charge >= 0.3 is 0 Å². The van der Waals surface area contributed by atoms with Crippen molar-refractivity contribution in [3.63, 3.8) is 0 Å². The molecular formula is C18H22N2O2. The maximum Gasteiger partial charge on any atom is 0.178 e. The third kappa shape index (κ3) is 2.98. The molecule has 0 amide bonds. The van der Waals surface area contributed by atoms with Gasteiger partial charge in [0.2, 0.25) is 0 Å². The van der Waals surface area contributed by atoms with Crippen LogP contribution in [0.15, 0.2) is 36.4 Å². The molecule has 3 rings (SSSR count). The van der Waals surface area contributed by atoms with Crippen LogP contribution in [0.2, 0.25) is 0 Å². The lowest BCUT2D eigenvalue weighted by molar-refractivity contribution is 0.0371. The van der Waals surface area contributed by atoms with E-state index in [1.54, 1.807) is 0 Å². The van der Waals surface area contributed by atoms with Crippen LogP contribution in [0.3, 0.4) is 0 Å². The van der Waals surface area contributed by atoms with Gasteiger partial charge < -0.3 is 9.30 Å². The van der Waals surface area contributed by atoms with Crippen LogP contribution in [0.25, 0.3) is 5.69 Å². The van der Waals surface area contributed by atoms with Crippen LogP contribution in [0.1, 0.15) is 21.7 Å². The Labute approximate surface area is 131 Å². The number of carbonyl (C=O) groups is 1. The first-order valence-corrected chi connectivity index (χ1v) is 7.74. The first kappa shape index (κ1) is 15.0. The molecule has 0 aliphatic carbocycles. The zero-order valence-electron chi connectivity index (χ0n) is 13.2. The van der Waals surface area contributed by atoms with Gasteiger partial charge in [-0.2, -0.15) is 0 Å². The lowest BCUT2D eigenvalue weighted by Crippen LogP contribution is -2.39. The Hall–Kier alpha value is -1.91. The minimum absolute atomic E-state index is 0.192. The number of ether oxygens (including phenoxy) is 1. The molecule has 4 heteroatoms. The molecule has 0 atom stereocenters. The van der Waals surface area contributed by atoms with E-state index in [1.807, 2.05) is 38.1 Å². The van der Waals surface area contributed by atoms with Crippen LogP contribution in [0.5, 0.6) is 0 Å². The van der Waals surface area contributed by atoms with Gasteiger partial charge in [-0.25, -0.2) is 0 Å². The summed E-state index contributed by atoms with van der Waals surface area (Å²) in [6.45, 7) is 7.65. The van der Waals surface area contributed by atoms with Gasteiger partial charge in [0, 0.05) is 35.7 Å². The summed E-state index contributed by atoms with van der Waals surface area (Å²) in [4.78, 5) is 14.8.